The second-order valence-electron chi connectivity index (χ2n) is 4.98. The van der Waals surface area contributed by atoms with E-state index in [-0.39, 0.29) is 6.61 Å². The third-order valence-electron chi connectivity index (χ3n) is 3.41. The molecule has 2 heterocycles. The molecule has 0 atom stereocenters. The van der Waals surface area contributed by atoms with Crippen molar-refractivity contribution in [2.45, 2.75) is 12.8 Å². The Morgan fingerprint density at radius 3 is 2.80 bits per heavy atom. The molecule has 2 aromatic heterocycles. The van der Waals surface area contributed by atoms with Gasteiger partial charge in [-0.3, -0.25) is 9.67 Å². The number of aryl methyl sites for hydroxylation is 2. The molecule has 102 valence electrons. The van der Waals surface area contributed by atoms with Gasteiger partial charge in [-0.25, -0.2) is 0 Å². The van der Waals surface area contributed by atoms with Gasteiger partial charge in [0.15, 0.2) is 0 Å². The lowest BCUT2D eigenvalue weighted by molar-refractivity contribution is 0.288. The first kappa shape index (κ1) is 12.8. The van der Waals surface area contributed by atoms with E-state index in [2.05, 4.69) is 28.3 Å². The number of aromatic nitrogens is 3. The number of aliphatic hydroxyl groups is 1. The Labute approximate surface area is 117 Å². The Kier molecular flexibility index (Phi) is 3.48. The highest BCUT2D eigenvalue weighted by atomic mass is 16.2. The van der Waals surface area contributed by atoms with Crippen LogP contribution in [0.15, 0.2) is 42.9 Å². The van der Waals surface area contributed by atoms with E-state index in [9.17, 15) is 0 Å². The molecule has 0 spiro atoms. The summed E-state index contributed by atoms with van der Waals surface area (Å²) in [7, 11) is 1.91. The zero-order valence-corrected chi connectivity index (χ0v) is 11.5. The van der Waals surface area contributed by atoms with Gasteiger partial charge in [0.2, 0.25) is 0 Å². The maximum Gasteiger partial charge on any atom is 0.0702 e. The molecule has 4 heteroatoms. The van der Waals surface area contributed by atoms with Crippen molar-refractivity contribution in [3.8, 4) is 11.1 Å². The van der Waals surface area contributed by atoms with Crippen LogP contribution in [0.3, 0.4) is 0 Å². The summed E-state index contributed by atoms with van der Waals surface area (Å²) in [6, 6.07) is 8.41. The molecule has 0 aliphatic heterocycles. The molecule has 0 aliphatic rings. The van der Waals surface area contributed by atoms with Crippen LogP contribution in [0.1, 0.15) is 12.0 Å². The van der Waals surface area contributed by atoms with Gasteiger partial charge >= 0.3 is 0 Å². The smallest absolute Gasteiger partial charge is 0.0702 e. The molecule has 3 aromatic rings. The number of aliphatic hydroxyl groups excluding tert-OH is 1. The van der Waals surface area contributed by atoms with Crippen molar-refractivity contribution in [2.24, 2.45) is 7.05 Å². The van der Waals surface area contributed by atoms with Crippen LogP contribution in [0, 0.1) is 0 Å². The molecule has 0 radical (unpaired) electrons. The van der Waals surface area contributed by atoms with E-state index in [1.165, 1.54) is 5.56 Å². The van der Waals surface area contributed by atoms with E-state index in [1.54, 1.807) is 4.68 Å². The fourth-order valence-electron chi connectivity index (χ4n) is 2.35. The SMILES string of the molecule is Cn1cc(-c2cnc3ccc(CCCO)cc3c2)cn1. The summed E-state index contributed by atoms with van der Waals surface area (Å²) in [6.45, 7) is 0.228. The molecule has 0 unspecified atom stereocenters. The van der Waals surface area contributed by atoms with E-state index in [1.807, 2.05) is 31.7 Å². The van der Waals surface area contributed by atoms with Crippen molar-refractivity contribution in [2.75, 3.05) is 6.61 Å². The number of hydrogen-bond acceptors (Lipinski definition) is 3. The monoisotopic (exact) mass is 267 g/mol. The summed E-state index contributed by atoms with van der Waals surface area (Å²) in [5.74, 6) is 0. The lowest BCUT2D eigenvalue weighted by atomic mass is 10.0. The molecular formula is C16H17N3O. The Bertz CT molecular complexity index is 733. The first-order valence-electron chi connectivity index (χ1n) is 6.75. The molecule has 1 aromatic carbocycles. The molecule has 0 bridgehead atoms. The third-order valence-corrected chi connectivity index (χ3v) is 3.41. The zero-order valence-electron chi connectivity index (χ0n) is 11.5. The van der Waals surface area contributed by atoms with Crippen LogP contribution in [-0.2, 0) is 13.5 Å². The highest BCUT2D eigenvalue weighted by Gasteiger charge is 2.04. The summed E-state index contributed by atoms with van der Waals surface area (Å²) in [6.07, 6.45) is 7.40. The lowest BCUT2D eigenvalue weighted by Crippen LogP contribution is -1.90. The van der Waals surface area contributed by atoms with Crippen LogP contribution >= 0.6 is 0 Å². The second kappa shape index (κ2) is 5.43. The lowest BCUT2D eigenvalue weighted by Gasteiger charge is -2.04. The molecular weight excluding hydrogens is 250 g/mol. The minimum Gasteiger partial charge on any atom is -0.396 e. The predicted molar refractivity (Wildman–Crippen MR) is 79.4 cm³/mol. The average molecular weight is 267 g/mol. The van der Waals surface area contributed by atoms with E-state index in [0.717, 1.165) is 34.9 Å². The Morgan fingerprint density at radius 1 is 1.15 bits per heavy atom. The standard InChI is InChI=1S/C16H17N3O/c1-19-11-15(10-18-19)14-8-13-7-12(3-2-6-20)4-5-16(13)17-9-14/h4-5,7-11,20H,2-3,6H2,1H3. The number of benzene rings is 1. The van der Waals surface area contributed by atoms with Gasteiger partial charge in [-0.15, -0.1) is 0 Å². The van der Waals surface area contributed by atoms with Gasteiger partial charge < -0.3 is 5.11 Å². The Balaban J connectivity index is 2.00. The number of hydrogen-bond donors (Lipinski definition) is 1. The predicted octanol–water partition coefficient (Wildman–Crippen LogP) is 2.56. The van der Waals surface area contributed by atoms with Crippen molar-refractivity contribution in [1.29, 1.82) is 0 Å². The number of pyridine rings is 1. The van der Waals surface area contributed by atoms with E-state index in [4.69, 9.17) is 5.11 Å². The van der Waals surface area contributed by atoms with Crippen LogP contribution in [0.5, 0.6) is 0 Å². The second-order valence-corrected chi connectivity index (χ2v) is 4.98. The van der Waals surface area contributed by atoms with Gasteiger partial charge in [0.25, 0.3) is 0 Å². The van der Waals surface area contributed by atoms with Crippen LogP contribution < -0.4 is 0 Å². The molecule has 20 heavy (non-hydrogen) atoms. The topological polar surface area (TPSA) is 50.9 Å². The van der Waals surface area contributed by atoms with Crippen LogP contribution in [0.2, 0.25) is 0 Å². The fourth-order valence-corrected chi connectivity index (χ4v) is 2.35. The summed E-state index contributed by atoms with van der Waals surface area (Å²) < 4.78 is 1.79. The van der Waals surface area contributed by atoms with Crippen molar-refractivity contribution >= 4 is 10.9 Å². The summed E-state index contributed by atoms with van der Waals surface area (Å²) in [4.78, 5) is 4.50. The van der Waals surface area contributed by atoms with Crippen LogP contribution in [0.25, 0.3) is 22.0 Å². The Hall–Kier alpha value is -2.20. The van der Waals surface area contributed by atoms with Crippen LogP contribution in [0.4, 0.5) is 0 Å². The van der Waals surface area contributed by atoms with Crippen molar-refractivity contribution in [1.82, 2.24) is 14.8 Å². The molecule has 3 rings (SSSR count). The number of nitrogens with zero attached hydrogens (tertiary/aromatic N) is 3. The highest BCUT2D eigenvalue weighted by molar-refractivity contribution is 5.83. The van der Waals surface area contributed by atoms with Gasteiger partial charge in [-0.1, -0.05) is 6.07 Å². The van der Waals surface area contributed by atoms with Gasteiger partial charge in [-0.05, 0) is 36.6 Å². The molecule has 0 saturated heterocycles. The number of fused-ring (bicyclic) bond motifs is 1. The van der Waals surface area contributed by atoms with E-state index >= 15 is 0 Å². The van der Waals surface area contributed by atoms with Gasteiger partial charge in [0.05, 0.1) is 11.7 Å². The first-order chi connectivity index (χ1) is 9.76. The summed E-state index contributed by atoms with van der Waals surface area (Å²) in [5.41, 5.74) is 4.37. The summed E-state index contributed by atoms with van der Waals surface area (Å²) >= 11 is 0. The van der Waals surface area contributed by atoms with Crippen molar-refractivity contribution < 1.29 is 5.11 Å². The van der Waals surface area contributed by atoms with Crippen LogP contribution in [-0.4, -0.2) is 26.5 Å². The average Bonchev–Trinajstić information content (AvgIpc) is 2.91. The maximum absolute atomic E-state index is 8.91. The van der Waals surface area contributed by atoms with E-state index in [0.29, 0.717) is 0 Å². The molecule has 0 aliphatic carbocycles. The summed E-state index contributed by atoms with van der Waals surface area (Å²) in [5, 5.41) is 14.2. The first-order valence-corrected chi connectivity index (χ1v) is 6.75. The molecule has 1 N–H and O–H groups in total. The molecule has 4 nitrogen and oxygen atoms in total. The normalized spacial score (nSPS) is 11.1. The van der Waals surface area contributed by atoms with Crippen molar-refractivity contribution in [3.05, 3.63) is 48.4 Å². The third kappa shape index (κ3) is 2.56. The zero-order chi connectivity index (χ0) is 13.9. The van der Waals surface area contributed by atoms with Crippen molar-refractivity contribution in [3.63, 3.8) is 0 Å². The van der Waals surface area contributed by atoms with Gasteiger partial charge in [0, 0.05) is 42.6 Å². The quantitative estimate of drug-likeness (QED) is 0.790. The van der Waals surface area contributed by atoms with Gasteiger partial charge in [0.1, 0.15) is 0 Å². The minimum atomic E-state index is 0.228. The number of rotatable bonds is 4. The largest absolute Gasteiger partial charge is 0.396 e. The van der Waals surface area contributed by atoms with Gasteiger partial charge in [-0.2, -0.15) is 5.10 Å². The Morgan fingerprint density at radius 2 is 2.05 bits per heavy atom. The molecule has 0 amide bonds. The van der Waals surface area contributed by atoms with E-state index < -0.39 is 0 Å². The minimum absolute atomic E-state index is 0.228. The molecule has 0 fully saturated rings. The molecule has 0 saturated carbocycles. The fraction of sp³-hybridized carbons (Fsp3) is 0.250. The maximum atomic E-state index is 8.91. The highest BCUT2D eigenvalue weighted by Crippen LogP contribution is 2.23.